The summed E-state index contributed by atoms with van der Waals surface area (Å²) in [6, 6.07) is 43.3. The molecule has 1 N–H and O–H groups in total. The second-order valence-electron chi connectivity index (χ2n) is 18.5. The molecule has 0 aliphatic carbocycles. The van der Waals surface area contributed by atoms with Gasteiger partial charge in [-0.1, -0.05) is 243 Å². The Morgan fingerprint density at radius 3 is 1.88 bits per heavy atom. The summed E-state index contributed by atoms with van der Waals surface area (Å²) in [7, 11) is 0. The molecular formula is C74H95NO. The van der Waals surface area contributed by atoms with Crippen LogP contribution >= 0.6 is 0 Å². The molecule has 0 aliphatic rings. The van der Waals surface area contributed by atoms with E-state index in [0.29, 0.717) is 5.92 Å². The molecule has 0 amide bonds. The molecule has 0 heterocycles. The lowest BCUT2D eigenvalue weighted by Crippen LogP contribution is -2.01. The van der Waals surface area contributed by atoms with Crippen molar-refractivity contribution < 1.29 is 4.74 Å². The third-order valence-corrected chi connectivity index (χ3v) is 13.1. The fourth-order valence-corrected chi connectivity index (χ4v) is 8.75. The van der Waals surface area contributed by atoms with Gasteiger partial charge in [0.15, 0.2) is 0 Å². The maximum Gasteiger partial charge on any atom is 0.137 e. The van der Waals surface area contributed by atoms with E-state index in [9.17, 15) is 0 Å². The van der Waals surface area contributed by atoms with Crippen LogP contribution in [0.1, 0.15) is 147 Å². The predicted octanol–water partition coefficient (Wildman–Crippen LogP) is 23.3. The van der Waals surface area contributed by atoms with Gasteiger partial charge in [-0.2, -0.15) is 0 Å². The molecule has 1 unspecified atom stereocenters. The number of hydrogen-bond acceptors (Lipinski definition) is 2. The molecule has 1 atom stereocenters. The minimum absolute atomic E-state index is 0.635. The molecule has 6 rings (SSSR count). The lowest BCUT2D eigenvalue weighted by Gasteiger charge is -2.21. The van der Waals surface area contributed by atoms with Crippen LogP contribution in [0.5, 0.6) is 11.5 Å². The minimum atomic E-state index is 0.635. The zero-order chi connectivity index (χ0) is 56.6. The molecular weight excluding hydrogens is 919 g/mol. The van der Waals surface area contributed by atoms with Crippen LogP contribution in [-0.2, 0) is 12.8 Å². The molecule has 0 bridgehead atoms. The van der Waals surface area contributed by atoms with E-state index in [1.54, 1.807) is 0 Å². The summed E-state index contributed by atoms with van der Waals surface area (Å²) in [4.78, 5) is 0. The summed E-state index contributed by atoms with van der Waals surface area (Å²) in [5, 5.41) is 3.77. The molecule has 0 spiro atoms. The SMILES string of the molecule is C/C=C\C(=C(/C)C(C)CC)c1cc(C)ccc1C.C=C/C(C)=C\C=C/C.C=C/C=C(\C=C/C)c1c(Nc2ccc(CC)c(-c3ccccc3C)c2)cccc1Oc1cccc(C)c1-c1ccccc1CCC.CC.CC. The van der Waals surface area contributed by atoms with Crippen LogP contribution in [0.25, 0.3) is 33.4 Å². The van der Waals surface area contributed by atoms with Crippen molar-refractivity contribution in [1.29, 1.82) is 0 Å². The van der Waals surface area contributed by atoms with Gasteiger partial charge in [-0.05, 0) is 179 Å². The number of benzene rings is 6. The Balaban J connectivity index is 0.000000541. The lowest BCUT2D eigenvalue weighted by molar-refractivity contribution is 0.483. The molecule has 0 aliphatic heterocycles. The Hall–Kier alpha value is -7.16. The van der Waals surface area contributed by atoms with Crippen LogP contribution in [0.4, 0.5) is 11.4 Å². The molecule has 0 fully saturated rings. The lowest BCUT2D eigenvalue weighted by atomic mass is 9.88. The van der Waals surface area contributed by atoms with Gasteiger partial charge in [0.25, 0.3) is 0 Å². The van der Waals surface area contributed by atoms with Gasteiger partial charge < -0.3 is 10.1 Å². The highest BCUT2D eigenvalue weighted by atomic mass is 16.5. The van der Waals surface area contributed by atoms with E-state index in [-0.39, 0.29) is 0 Å². The average molecular weight is 1010 g/mol. The maximum atomic E-state index is 6.96. The monoisotopic (exact) mass is 1010 g/mol. The molecule has 6 aromatic carbocycles. The van der Waals surface area contributed by atoms with Crippen LogP contribution in [0.2, 0.25) is 0 Å². The van der Waals surface area contributed by atoms with E-state index < -0.39 is 0 Å². The first kappa shape index (κ1) is 65.0. The van der Waals surface area contributed by atoms with Crippen LogP contribution in [-0.4, -0.2) is 0 Å². The molecule has 0 aromatic heterocycles. The van der Waals surface area contributed by atoms with Crippen molar-refractivity contribution in [2.24, 2.45) is 5.92 Å². The van der Waals surface area contributed by atoms with Crippen molar-refractivity contribution in [3.63, 3.8) is 0 Å². The number of anilines is 2. The van der Waals surface area contributed by atoms with Gasteiger partial charge in [0, 0.05) is 16.8 Å². The first-order valence-electron chi connectivity index (χ1n) is 28.0. The van der Waals surface area contributed by atoms with Crippen molar-refractivity contribution in [1.82, 2.24) is 0 Å². The highest BCUT2D eigenvalue weighted by molar-refractivity contribution is 5.89. The molecule has 2 nitrogen and oxygen atoms in total. The molecule has 0 saturated carbocycles. The number of ether oxygens (including phenoxy) is 1. The Morgan fingerprint density at radius 2 is 1.26 bits per heavy atom. The maximum absolute atomic E-state index is 6.96. The van der Waals surface area contributed by atoms with E-state index in [1.165, 1.54) is 78.8 Å². The van der Waals surface area contributed by atoms with Crippen molar-refractivity contribution in [2.75, 3.05) is 5.32 Å². The number of allylic oxidation sites excluding steroid dienone is 14. The third-order valence-electron chi connectivity index (χ3n) is 13.1. The van der Waals surface area contributed by atoms with E-state index in [1.807, 2.05) is 84.9 Å². The number of nitrogens with one attached hydrogen (secondary N) is 1. The molecule has 402 valence electrons. The summed E-state index contributed by atoms with van der Waals surface area (Å²) < 4.78 is 6.96. The number of hydrogen-bond donors (Lipinski definition) is 1. The van der Waals surface area contributed by atoms with Gasteiger partial charge >= 0.3 is 0 Å². The van der Waals surface area contributed by atoms with Gasteiger partial charge in [0.1, 0.15) is 11.5 Å². The van der Waals surface area contributed by atoms with E-state index in [0.717, 1.165) is 58.8 Å². The molecule has 6 aromatic rings. The fourth-order valence-electron chi connectivity index (χ4n) is 8.75. The molecule has 2 heteroatoms. The van der Waals surface area contributed by atoms with Crippen LogP contribution in [0, 0.1) is 33.6 Å². The second kappa shape index (κ2) is 35.9. The van der Waals surface area contributed by atoms with Gasteiger partial charge in [-0.3, -0.25) is 0 Å². The largest absolute Gasteiger partial charge is 0.456 e. The molecule has 0 saturated heterocycles. The predicted molar refractivity (Wildman–Crippen MR) is 344 cm³/mol. The Morgan fingerprint density at radius 1 is 0.618 bits per heavy atom. The highest BCUT2D eigenvalue weighted by Gasteiger charge is 2.19. The Bertz CT molecular complexity index is 2920. The molecule has 0 radical (unpaired) electrons. The van der Waals surface area contributed by atoms with Crippen molar-refractivity contribution >= 4 is 22.5 Å². The van der Waals surface area contributed by atoms with Crippen molar-refractivity contribution in [2.45, 2.75) is 143 Å². The van der Waals surface area contributed by atoms with Gasteiger partial charge in [0.2, 0.25) is 0 Å². The number of aryl methyl sites for hydroxylation is 6. The average Bonchev–Trinajstić information content (AvgIpc) is 3.44. The highest BCUT2D eigenvalue weighted by Crippen LogP contribution is 2.43. The summed E-state index contributed by atoms with van der Waals surface area (Å²) >= 11 is 0. The summed E-state index contributed by atoms with van der Waals surface area (Å²) in [6.45, 7) is 43.8. The second-order valence-corrected chi connectivity index (χ2v) is 18.5. The normalized spacial score (nSPS) is 12.0. The van der Waals surface area contributed by atoms with E-state index in [4.69, 9.17) is 4.74 Å². The van der Waals surface area contributed by atoms with Gasteiger partial charge in [0.05, 0.1) is 5.69 Å². The topological polar surface area (TPSA) is 21.3 Å². The summed E-state index contributed by atoms with van der Waals surface area (Å²) in [5.74, 6) is 2.26. The van der Waals surface area contributed by atoms with Crippen molar-refractivity contribution in [3.8, 4) is 33.8 Å². The zero-order valence-electron chi connectivity index (χ0n) is 50.0. The van der Waals surface area contributed by atoms with Crippen molar-refractivity contribution in [3.05, 3.63) is 251 Å². The quantitative estimate of drug-likeness (QED) is 0.0867. The Labute approximate surface area is 464 Å². The minimum Gasteiger partial charge on any atom is -0.456 e. The van der Waals surface area contributed by atoms with Crippen LogP contribution in [0.15, 0.2) is 206 Å². The standard InChI is InChI=1S/C44H45NO.C18H26.C8H12.2C2H6/c1-7-17-34-22-12-14-24-38(34)43-32(6)21-15-26-41(43)46-42-27-16-25-40(44(42)35(18-8-2)19-9-3)45-36-29-28-33(10-4)39(30-36)37-23-13-11-20-31(37)5;1-7-9-17(16(6)14(4)8-2)18-12-13(3)10-11-15(18)5;1-4-6-7-8(3)5-2;2*1-2/h8-9,11-16,18-30,45H,2,7,10,17H2,1,3-6H3;7,9-12,14H,8H2,1-6H3;4-7H,2H2,1,3H3;2*1-2H3/b19-9-,35-18+;9-7-,17-16-;6-4-,8-7-;;. The first-order chi connectivity index (χ1) is 36.8. The van der Waals surface area contributed by atoms with Crippen LogP contribution < -0.4 is 10.1 Å². The Kier molecular flexibility index (Phi) is 30.7. The zero-order valence-corrected chi connectivity index (χ0v) is 50.0. The third kappa shape index (κ3) is 19.2. The summed E-state index contributed by atoms with van der Waals surface area (Å²) in [5.41, 5.74) is 22.1. The smallest absolute Gasteiger partial charge is 0.137 e. The van der Waals surface area contributed by atoms with E-state index >= 15 is 0 Å². The van der Waals surface area contributed by atoms with Gasteiger partial charge in [-0.15, -0.1) is 0 Å². The van der Waals surface area contributed by atoms with Crippen LogP contribution in [0.3, 0.4) is 0 Å². The summed E-state index contributed by atoms with van der Waals surface area (Å²) in [6.07, 6.45) is 24.5. The first-order valence-corrected chi connectivity index (χ1v) is 28.0. The number of rotatable bonds is 18. The van der Waals surface area contributed by atoms with Gasteiger partial charge in [-0.25, -0.2) is 0 Å². The van der Waals surface area contributed by atoms with E-state index in [2.05, 4.69) is 233 Å². The fraction of sp³-hybridized carbons (Fsp3) is 0.297. The molecule has 76 heavy (non-hydrogen) atoms.